The molecule has 0 spiro atoms. The number of ether oxygens (including phenoxy) is 3. The molecule has 1 heterocycles. The number of fused-ring (bicyclic) bond motifs is 1. The highest BCUT2D eigenvalue weighted by Gasteiger charge is 2.27. The quantitative estimate of drug-likeness (QED) is 0.673. The van der Waals surface area contributed by atoms with Gasteiger partial charge in [0.15, 0.2) is 11.5 Å². The molecule has 1 aliphatic heterocycles. The van der Waals surface area contributed by atoms with Crippen LogP contribution >= 0.6 is 0 Å². The van der Waals surface area contributed by atoms with Crippen molar-refractivity contribution in [2.24, 2.45) is 0 Å². The van der Waals surface area contributed by atoms with E-state index in [-0.39, 0.29) is 19.1 Å². The molecule has 7 nitrogen and oxygen atoms in total. The van der Waals surface area contributed by atoms with Gasteiger partial charge in [-0.15, -0.1) is 0 Å². The predicted molar refractivity (Wildman–Crippen MR) is 80.9 cm³/mol. The van der Waals surface area contributed by atoms with E-state index in [0.717, 1.165) is 0 Å². The molecule has 0 bridgehead atoms. The standard InChI is InChI=1S/C16H15NO6/c1-21-11-4-2-10(3-5-11)13(8-17(19)20)12-6-15-16(7-14(12)18)23-9-22-15/h2-7,13,18H,8-9H2,1H3. The molecule has 1 unspecified atom stereocenters. The largest absolute Gasteiger partial charge is 0.507 e. The van der Waals surface area contributed by atoms with E-state index in [4.69, 9.17) is 14.2 Å². The van der Waals surface area contributed by atoms with Crippen molar-refractivity contribution in [3.8, 4) is 23.0 Å². The predicted octanol–water partition coefficient (Wildman–Crippen LogP) is 2.54. The second kappa shape index (κ2) is 6.04. The topological polar surface area (TPSA) is 91.1 Å². The van der Waals surface area contributed by atoms with Crippen molar-refractivity contribution in [1.82, 2.24) is 0 Å². The van der Waals surface area contributed by atoms with Crippen molar-refractivity contribution in [3.63, 3.8) is 0 Å². The Kier molecular flexibility index (Phi) is 3.92. The Labute approximate surface area is 132 Å². The van der Waals surface area contributed by atoms with Gasteiger partial charge in [-0.2, -0.15) is 0 Å². The van der Waals surface area contributed by atoms with Crippen molar-refractivity contribution in [2.75, 3.05) is 20.4 Å². The Balaban J connectivity index is 2.03. The molecule has 2 aromatic carbocycles. The Morgan fingerprint density at radius 3 is 2.52 bits per heavy atom. The molecule has 1 atom stereocenters. The molecule has 23 heavy (non-hydrogen) atoms. The summed E-state index contributed by atoms with van der Waals surface area (Å²) in [5, 5.41) is 21.3. The fourth-order valence-electron chi connectivity index (χ4n) is 2.59. The minimum absolute atomic E-state index is 0.0584. The van der Waals surface area contributed by atoms with Crippen molar-refractivity contribution >= 4 is 0 Å². The zero-order valence-electron chi connectivity index (χ0n) is 12.4. The van der Waals surface area contributed by atoms with Crippen LogP contribution in [-0.4, -0.2) is 30.5 Å². The van der Waals surface area contributed by atoms with Gasteiger partial charge in [0.05, 0.1) is 13.0 Å². The molecule has 0 fully saturated rings. The molecule has 0 radical (unpaired) electrons. The normalized spacial score (nSPS) is 13.6. The van der Waals surface area contributed by atoms with Gasteiger partial charge in [0, 0.05) is 16.6 Å². The lowest BCUT2D eigenvalue weighted by Crippen LogP contribution is -2.14. The second-order valence-corrected chi connectivity index (χ2v) is 5.11. The van der Waals surface area contributed by atoms with E-state index in [0.29, 0.717) is 28.4 Å². The van der Waals surface area contributed by atoms with Crippen LogP contribution < -0.4 is 14.2 Å². The third-order valence-electron chi connectivity index (χ3n) is 3.75. The molecule has 3 rings (SSSR count). The molecule has 0 amide bonds. The SMILES string of the molecule is COc1ccc(C(C[N+](=O)[O-])c2cc3c(cc2O)OCO3)cc1. The maximum atomic E-state index is 11.1. The highest BCUT2D eigenvalue weighted by atomic mass is 16.7. The van der Waals surface area contributed by atoms with Gasteiger partial charge < -0.3 is 19.3 Å². The molecule has 0 saturated heterocycles. The summed E-state index contributed by atoms with van der Waals surface area (Å²) in [5.41, 5.74) is 1.13. The van der Waals surface area contributed by atoms with Gasteiger partial charge in [0.1, 0.15) is 11.5 Å². The first-order valence-corrected chi connectivity index (χ1v) is 6.96. The Morgan fingerprint density at radius 2 is 1.91 bits per heavy atom. The highest BCUT2D eigenvalue weighted by molar-refractivity contribution is 5.54. The van der Waals surface area contributed by atoms with Crippen LogP contribution in [0.1, 0.15) is 17.0 Å². The monoisotopic (exact) mass is 317 g/mol. The van der Waals surface area contributed by atoms with Crippen molar-refractivity contribution in [3.05, 3.63) is 57.6 Å². The van der Waals surface area contributed by atoms with Crippen molar-refractivity contribution < 1.29 is 24.2 Å². The van der Waals surface area contributed by atoms with Crippen LogP contribution in [0.2, 0.25) is 0 Å². The van der Waals surface area contributed by atoms with Crippen LogP contribution in [0.4, 0.5) is 0 Å². The molecular formula is C16H15NO6. The Hall–Kier alpha value is -2.96. The minimum atomic E-state index is -0.606. The van der Waals surface area contributed by atoms with Crippen LogP contribution in [0.5, 0.6) is 23.0 Å². The maximum absolute atomic E-state index is 11.1. The summed E-state index contributed by atoms with van der Waals surface area (Å²) in [4.78, 5) is 10.7. The molecule has 7 heteroatoms. The van der Waals surface area contributed by atoms with Crippen LogP contribution in [0.15, 0.2) is 36.4 Å². The first-order chi connectivity index (χ1) is 11.1. The summed E-state index contributed by atoms with van der Waals surface area (Å²) >= 11 is 0. The van der Waals surface area contributed by atoms with Crippen LogP contribution in [0.25, 0.3) is 0 Å². The first-order valence-electron chi connectivity index (χ1n) is 6.96. The van der Waals surface area contributed by atoms with Gasteiger partial charge in [-0.05, 0) is 23.8 Å². The number of benzene rings is 2. The molecule has 0 saturated carbocycles. The lowest BCUT2D eigenvalue weighted by Gasteiger charge is -2.16. The smallest absolute Gasteiger partial charge is 0.231 e. The highest BCUT2D eigenvalue weighted by Crippen LogP contribution is 2.42. The number of nitro groups is 1. The summed E-state index contributed by atoms with van der Waals surface area (Å²) in [7, 11) is 1.55. The second-order valence-electron chi connectivity index (χ2n) is 5.11. The first kappa shape index (κ1) is 15.0. The number of phenolic OH excluding ortho intramolecular Hbond substituents is 1. The number of methoxy groups -OCH3 is 1. The fraction of sp³-hybridized carbons (Fsp3) is 0.250. The third-order valence-corrected chi connectivity index (χ3v) is 3.75. The molecule has 0 aliphatic carbocycles. The summed E-state index contributed by atoms with van der Waals surface area (Å²) in [6.45, 7) is -0.278. The molecular weight excluding hydrogens is 302 g/mol. The zero-order chi connectivity index (χ0) is 16.4. The number of rotatable bonds is 5. The average Bonchev–Trinajstić information content (AvgIpc) is 2.99. The van der Waals surface area contributed by atoms with Gasteiger partial charge in [-0.1, -0.05) is 12.1 Å². The van der Waals surface area contributed by atoms with E-state index in [1.54, 1.807) is 37.4 Å². The lowest BCUT2D eigenvalue weighted by molar-refractivity contribution is -0.481. The number of phenols is 1. The Bertz CT molecular complexity index is 728. The van der Waals surface area contributed by atoms with Gasteiger partial charge in [-0.3, -0.25) is 10.1 Å². The molecule has 1 aliphatic rings. The maximum Gasteiger partial charge on any atom is 0.231 e. The van der Waals surface area contributed by atoms with Gasteiger partial charge in [-0.25, -0.2) is 0 Å². The van der Waals surface area contributed by atoms with Gasteiger partial charge in [0.25, 0.3) is 0 Å². The minimum Gasteiger partial charge on any atom is -0.507 e. The lowest BCUT2D eigenvalue weighted by atomic mass is 9.90. The molecule has 2 aromatic rings. The number of aromatic hydroxyl groups is 1. The van der Waals surface area contributed by atoms with E-state index in [1.807, 2.05) is 0 Å². The number of hydrogen-bond acceptors (Lipinski definition) is 6. The fourth-order valence-corrected chi connectivity index (χ4v) is 2.59. The van der Waals surface area contributed by atoms with Crippen LogP contribution in [0.3, 0.4) is 0 Å². The Morgan fingerprint density at radius 1 is 1.26 bits per heavy atom. The zero-order valence-corrected chi connectivity index (χ0v) is 12.4. The summed E-state index contributed by atoms with van der Waals surface area (Å²) < 4.78 is 15.6. The van der Waals surface area contributed by atoms with Gasteiger partial charge in [0.2, 0.25) is 13.3 Å². The van der Waals surface area contributed by atoms with Crippen molar-refractivity contribution in [2.45, 2.75) is 5.92 Å². The van der Waals surface area contributed by atoms with E-state index >= 15 is 0 Å². The molecule has 0 aromatic heterocycles. The van der Waals surface area contributed by atoms with Crippen LogP contribution in [0, 0.1) is 10.1 Å². The van der Waals surface area contributed by atoms with E-state index in [2.05, 4.69) is 0 Å². The average molecular weight is 317 g/mol. The summed E-state index contributed by atoms with van der Waals surface area (Å²) in [5.74, 6) is 0.895. The molecule has 1 N–H and O–H groups in total. The van der Waals surface area contributed by atoms with E-state index in [1.165, 1.54) is 6.07 Å². The van der Waals surface area contributed by atoms with Gasteiger partial charge >= 0.3 is 0 Å². The number of nitrogens with zero attached hydrogens (tertiary/aromatic N) is 1. The number of hydrogen-bond donors (Lipinski definition) is 1. The summed E-state index contributed by atoms with van der Waals surface area (Å²) in [6.07, 6.45) is 0. The van der Waals surface area contributed by atoms with E-state index in [9.17, 15) is 15.2 Å². The molecule has 120 valence electrons. The van der Waals surface area contributed by atoms with E-state index < -0.39 is 10.8 Å². The van der Waals surface area contributed by atoms with Crippen molar-refractivity contribution in [1.29, 1.82) is 0 Å². The third kappa shape index (κ3) is 2.98. The van der Waals surface area contributed by atoms with Crippen LogP contribution in [-0.2, 0) is 0 Å². The summed E-state index contributed by atoms with van der Waals surface area (Å²) in [6, 6.07) is 9.97.